The minimum absolute atomic E-state index is 0.0209. The number of carbonyl (C=O) groups excluding carboxylic acids is 2. The molecule has 0 bridgehead atoms. The van der Waals surface area contributed by atoms with Gasteiger partial charge in [-0.05, 0) is 61.9 Å². The molecule has 2 aromatic carbocycles. The van der Waals surface area contributed by atoms with Crippen LogP contribution < -0.4 is 9.64 Å². The van der Waals surface area contributed by atoms with Crippen LogP contribution in [0.5, 0.6) is 5.75 Å². The van der Waals surface area contributed by atoms with Crippen molar-refractivity contribution in [1.29, 1.82) is 0 Å². The Hall–Kier alpha value is -4.46. The first-order valence-electron chi connectivity index (χ1n) is 14.4. The average molecular weight is 555 g/mol. The maximum absolute atomic E-state index is 13.3. The van der Waals surface area contributed by atoms with Crippen LogP contribution in [0.15, 0.2) is 89.5 Å². The molecule has 1 fully saturated rings. The summed E-state index contributed by atoms with van der Waals surface area (Å²) in [5, 5.41) is 0. The largest absolute Gasteiger partial charge is 0.492 e. The van der Waals surface area contributed by atoms with E-state index in [4.69, 9.17) is 9.15 Å². The third-order valence-electron chi connectivity index (χ3n) is 7.35. The number of hydrogen-bond acceptors (Lipinski definition) is 5. The van der Waals surface area contributed by atoms with E-state index >= 15 is 0 Å². The van der Waals surface area contributed by atoms with Gasteiger partial charge < -0.3 is 28.4 Å². The van der Waals surface area contributed by atoms with Crippen LogP contribution in [0.25, 0.3) is 0 Å². The van der Waals surface area contributed by atoms with Crippen molar-refractivity contribution in [1.82, 2.24) is 14.4 Å². The van der Waals surface area contributed by atoms with Crippen molar-refractivity contribution < 1.29 is 18.7 Å². The Kier molecular flexibility index (Phi) is 9.08. The molecule has 1 aliphatic rings. The lowest BCUT2D eigenvalue weighted by Crippen LogP contribution is -2.48. The van der Waals surface area contributed by atoms with Gasteiger partial charge in [0.05, 0.1) is 25.4 Å². The van der Waals surface area contributed by atoms with Gasteiger partial charge in [-0.3, -0.25) is 9.59 Å². The molecule has 0 spiro atoms. The third kappa shape index (κ3) is 6.65. The van der Waals surface area contributed by atoms with Gasteiger partial charge in [0.15, 0.2) is 5.76 Å². The minimum Gasteiger partial charge on any atom is -0.492 e. The predicted molar refractivity (Wildman–Crippen MR) is 159 cm³/mol. The van der Waals surface area contributed by atoms with Gasteiger partial charge in [0, 0.05) is 50.2 Å². The van der Waals surface area contributed by atoms with E-state index in [0.717, 1.165) is 36.6 Å². The maximum atomic E-state index is 13.3. The van der Waals surface area contributed by atoms with E-state index in [0.29, 0.717) is 56.4 Å². The number of piperazine rings is 1. The fourth-order valence-electron chi connectivity index (χ4n) is 5.28. The summed E-state index contributed by atoms with van der Waals surface area (Å²) >= 11 is 0. The Bertz CT molecular complexity index is 1440. The lowest BCUT2D eigenvalue weighted by atomic mass is 10.2. The van der Waals surface area contributed by atoms with Gasteiger partial charge in [-0.2, -0.15) is 0 Å². The van der Waals surface area contributed by atoms with Crippen LogP contribution in [-0.2, 0) is 13.1 Å². The van der Waals surface area contributed by atoms with Crippen molar-refractivity contribution in [2.75, 3.05) is 44.2 Å². The van der Waals surface area contributed by atoms with E-state index in [9.17, 15) is 9.59 Å². The van der Waals surface area contributed by atoms with Gasteiger partial charge in [0.25, 0.3) is 11.8 Å². The SMILES string of the molecule is CCCN(Cc1cccn1Cc1ccc(C(=O)N2CCN(c3ccccc3OCC)CC2)o1)C(=O)c1ccccc1. The van der Waals surface area contributed by atoms with E-state index in [1.807, 2.05) is 89.7 Å². The van der Waals surface area contributed by atoms with Crippen molar-refractivity contribution in [3.8, 4) is 5.75 Å². The van der Waals surface area contributed by atoms with Crippen LogP contribution in [0.4, 0.5) is 5.69 Å². The Morgan fingerprint density at radius 3 is 2.39 bits per heavy atom. The smallest absolute Gasteiger partial charge is 0.289 e. The molecule has 0 aliphatic carbocycles. The molecule has 0 N–H and O–H groups in total. The molecular weight excluding hydrogens is 516 g/mol. The van der Waals surface area contributed by atoms with E-state index in [2.05, 4.69) is 22.5 Å². The number of ether oxygens (including phenoxy) is 1. The summed E-state index contributed by atoms with van der Waals surface area (Å²) in [4.78, 5) is 32.4. The van der Waals surface area contributed by atoms with E-state index in [1.54, 1.807) is 6.07 Å². The van der Waals surface area contributed by atoms with Crippen LogP contribution in [0.2, 0.25) is 0 Å². The number of anilines is 1. The van der Waals surface area contributed by atoms with Crippen molar-refractivity contribution in [3.05, 3.63) is 108 Å². The zero-order chi connectivity index (χ0) is 28.6. The summed E-state index contributed by atoms with van der Waals surface area (Å²) in [7, 11) is 0. The molecule has 3 heterocycles. The molecule has 1 aliphatic heterocycles. The number of nitrogens with zero attached hydrogens (tertiary/aromatic N) is 4. The summed E-state index contributed by atoms with van der Waals surface area (Å²) in [6, 6.07) is 25.1. The number of para-hydroxylation sites is 2. The highest BCUT2D eigenvalue weighted by Gasteiger charge is 2.26. The number of benzene rings is 2. The number of hydrogen-bond donors (Lipinski definition) is 0. The number of aromatic nitrogens is 1. The summed E-state index contributed by atoms with van der Waals surface area (Å²) in [5.41, 5.74) is 2.76. The minimum atomic E-state index is -0.0932. The van der Waals surface area contributed by atoms with E-state index in [-0.39, 0.29) is 11.8 Å². The maximum Gasteiger partial charge on any atom is 0.289 e. The number of carbonyl (C=O) groups is 2. The van der Waals surface area contributed by atoms with Crippen molar-refractivity contribution in [2.24, 2.45) is 0 Å². The second-order valence-corrected chi connectivity index (χ2v) is 10.2. The van der Waals surface area contributed by atoms with Crippen molar-refractivity contribution >= 4 is 17.5 Å². The summed E-state index contributed by atoms with van der Waals surface area (Å²) in [6.45, 7) is 9.00. The Morgan fingerprint density at radius 1 is 0.878 bits per heavy atom. The molecule has 0 saturated carbocycles. The molecule has 5 rings (SSSR count). The van der Waals surface area contributed by atoms with Crippen molar-refractivity contribution in [2.45, 2.75) is 33.4 Å². The molecule has 8 nitrogen and oxygen atoms in total. The molecule has 0 unspecified atom stereocenters. The molecule has 0 radical (unpaired) electrons. The zero-order valence-electron chi connectivity index (χ0n) is 23.9. The van der Waals surface area contributed by atoms with Gasteiger partial charge in [-0.15, -0.1) is 0 Å². The fourth-order valence-corrected chi connectivity index (χ4v) is 5.28. The lowest BCUT2D eigenvalue weighted by Gasteiger charge is -2.36. The standard InChI is InChI=1S/C33H38N4O4/c1-3-18-37(32(38)26-11-6-5-7-12-26)24-27-13-10-19-36(27)25-28-16-17-31(41-28)33(39)35-22-20-34(21-23-35)29-14-8-9-15-30(29)40-4-2/h5-17,19H,3-4,18,20-25H2,1-2H3. The zero-order valence-corrected chi connectivity index (χ0v) is 23.9. The topological polar surface area (TPSA) is 71.2 Å². The van der Waals surface area contributed by atoms with Gasteiger partial charge in [-0.25, -0.2) is 0 Å². The highest BCUT2D eigenvalue weighted by atomic mass is 16.5. The summed E-state index contributed by atoms with van der Waals surface area (Å²) in [5.74, 6) is 1.85. The molecular formula is C33H38N4O4. The Morgan fingerprint density at radius 2 is 1.63 bits per heavy atom. The molecule has 41 heavy (non-hydrogen) atoms. The van der Waals surface area contributed by atoms with Gasteiger partial charge in [0.2, 0.25) is 0 Å². The van der Waals surface area contributed by atoms with Crippen LogP contribution in [0, 0.1) is 0 Å². The number of amides is 2. The first-order valence-corrected chi connectivity index (χ1v) is 14.4. The van der Waals surface area contributed by atoms with Crippen LogP contribution in [-0.4, -0.2) is 65.5 Å². The van der Waals surface area contributed by atoms with E-state index in [1.165, 1.54) is 0 Å². The molecule has 2 amide bonds. The molecule has 1 saturated heterocycles. The second kappa shape index (κ2) is 13.3. The molecule has 2 aromatic heterocycles. The normalized spacial score (nSPS) is 13.3. The van der Waals surface area contributed by atoms with Crippen molar-refractivity contribution in [3.63, 3.8) is 0 Å². The van der Waals surface area contributed by atoms with E-state index < -0.39 is 0 Å². The highest BCUT2D eigenvalue weighted by molar-refractivity contribution is 5.94. The quantitative estimate of drug-likeness (QED) is 0.243. The highest BCUT2D eigenvalue weighted by Crippen LogP contribution is 2.29. The Labute approximate surface area is 241 Å². The first-order chi connectivity index (χ1) is 20.1. The Balaban J connectivity index is 1.20. The summed E-state index contributed by atoms with van der Waals surface area (Å²) in [6.07, 6.45) is 2.85. The first kappa shape index (κ1) is 28.1. The van der Waals surface area contributed by atoms with Crippen LogP contribution >= 0.6 is 0 Å². The van der Waals surface area contributed by atoms with Gasteiger partial charge >= 0.3 is 0 Å². The van der Waals surface area contributed by atoms with Crippen LogP contribution in [0.1, 0.15) is 52.6 Å². The van der Waals surface area contributed by atoms with Crippen LogP contribution in [0.3, 0.4) is 0 Å². The predicted octanol–water partition coefficient (Wildman–Crippen LogP) is 5.54. The molecule has 214 valence electrons. The molecule has 8 heteroatoms. The fraction of sp³-hybridized carbons (Fsp3) is 0.333. The average Bonchev–Trinajstić information content (AvgIpc) is 3.67. The monoisotopic (exact) mass is 554 g/mol. The number of rotatable bonds is 11. The van der Waals surface area contributed by atoms with Gasteiger partial charge in [-0.1, -0.05) is 37.3 Å². The number of furan rings is 1. The lowest BCUT2D eigenvalue weighted by molar-refractivity contribution is 0.0709. The van der Waals surface area contributed by atoms with Gasteiger partial charge in [0.1, 0.15) is 11.5 Å². The molecule has 4 aromatic rings. The summed E-state index contributed by atoms with van der Waals surface area (Å²) < 4.78 is 13.9. The third-order valence-corrected chi connectivity index (χ3v) is 7.35. The second-order valence-electron chi connectivity index (χ2n) is 10.2. The molecule has 0 atom stereocenters.